The molecule has 4 heteroatoms. The van der Waals surface area contributed by atoms with E-state index in [0.29, 0.717) is 5.56 Å². The average Bonchev–Trinajstić information content (AvgIpc) is 2.74. The predicted molar refractivity (Wildman–Crippen MR) is 111 cm³/mol. The van der Waals surface area contributed by atoms with Crippen LogP contribution < -0.4 is 10.3 Å². The Balaban J connectivity index is 1.76. The molecule has 1 heterocycles. The minimum Gasteiger partial charge on any atom is -0.465 e. The number of carbonyl (C=O) groups excluding carboxylic acids is 1. The number of hydrogen-bond donors (Lipinski definition) is 0. The molecule has 0 aromatic heterocycles. The molecule has 1 aliphatic heterocycles. The lowest BCUT2D eigenvalue weighted by atomic mass is 9.52. The van der Waals surface area contributed by atoms with Crippen LogP contribution in [0.5, 0.6) is 0 Å². The molecule has 132 valence electrons. The van der Waals surface area contributed by atoms with Gasteiger partial charge in [-0.25, -0.2) is 4.79 Å². The second-order valence-electron chi connectivity index (χ2n) is 6.59. The van der Waals surface area contributed by atoms with Gasteiger partial charge in [-0.3, -0.25) is 0 Å². The third kappa shape index (κ3) is 3.51. The highest BCUT2D eigenvalue weighted by atomic mass is 16.5. The van der Waals surface area contributed by atoms with Gasteiger partial charge in [0.25, 0.3) is 0 Å². The molecule has 0 amide bonds. The van der Waals surface area contributed by atoms with Gasteiger partial charge in [-0.05, 0) is 23.3 Å². The van der Waals surface area contributed by atoms with Gasteiger partial charge < -0.3 is 9.55 Å². The van der Waals surface area contributed by atoms with E-state index in [1.807, 2.05) is 18.2 Å². The van der Waals surface area contributed by atoms with E-state index in [4.69, 9.17) is 4.74 Å². The molecule has 0 saturated heterocycles. The topological polar surface area (TPSA) is 29.5 Å². The number of rotatable bonds is 4. The summed E-state index contributed by atoms with van der Waals surface area (Å²) in [5.74, 6) is 1.88. The maximum absolute atomic E-state index is 12.0. The zero-order valence-electron chi connectivity index (χ0n) is 15.2. The van der Waals surface area contributed by atoms with Crippen molar-refractivity contribution in [3.05, 3.63) is 102 Å². The molecule has 27 heavy (non-hydrogen) atoms. The third-order valence-electron chi connectivity index (χ3n) is 4.89. The van der Waals surface area contributed by atoms with Gasteiger partial charge in [-0.15, -0.1) is 0 Å². The van der Waals surface area contributed by atoms with Gasteiger partial charge in [0.2, 0.25) is 0 Å². The summed E-state index contributed by atoms with van der Waals surface area (Å²) in [5, 5.41) is 0. The van der Waals surface area contributed by atoms with Crippen molar-refractivity contribution in [3.8, 4) is 0 Å². The molecule has 3 aromatic rings. The first-order chi connectivity index (χ1) is 13.3. The van der Waals surface area contributed by atoms with Crippen molar-refractivity contribution in [1.82, 2.24) is 0 Å². The van der Waals surface area contributed by atoms with Gasteiger partial charge in [0.15, 0.2) is 0 Å². The molecule has 1 aliphatic rings. The second kappa shape index (κ2) is 7.54. The Morgan fingerprint density at radius 1 is 0.963 bits per heavy atom. The van der Waals surface area contributed by atoms with Crippen LogP contribution in [0.25, 0.3) is 6.08 Å². The van der Waals surface area contributed by atoms with Crippen LogP contribution in [0.1, 0.15) is 21.5 Å². The summed E-state index contributed by atoms with van der Waals surface area (Å²) < 4.78 is 4.89. The van der Waals surface area contributed by atoms with Crippen LogP contribution in [0.4, 0.5) is 5.69 Å². The van der Waals surface area contributed by atoms with Crippen molar-refractivity contribution >= 4 is 30.0 Å². The third-order valence-corrected chi connectivity index (χ3v) is 4.89. The molecule has 4 rings (SSSR count). The quantitative estimate of drug-likeness (QED) is 0.526. The number of hydrogen-bond acceptors (Lipinski definition) is 3. The van der Waals surface area contributed by atoms with Crippen molar-refractivity contribution in [1.29, 1.82) is 0 Å². The second-order valence-corrected chi connectivity index (χ2v) is 6.59. The molecular formula is C23H20BNO2. The van der Waals surface area contributed by atoms with Gasteiger partial charge >= 0.3 is 12.8 Å². The number of benzene rings is 3. The summed E-state index contributed by atoms with van der Waals surface area (Å²) in [4.78, 5) is 14.3. The van der Waals surface area contributed by atoms with E-state index in [1.165, 1.54) is 23.9 Å². The van der Waals surface area contributed by atoms with Gasteiger partial charge in [0, 0.05) is 12.2 Å². The molecule has 0 unspecified atom stereocenters. The molecule has 3 nitrogen and oxygen atoms in total. The maximum atomic E-state index is 12.0. The van der Waals surface area contributed by atoms with E-state index in [1.54, 1.807) is 6.07 Å². The molecular weight excluding hydrogens is 333 g/mol. The van der Waals surface area contributed by atoms with Crippen LogP contribution in [0.2, 0.25) is 0 Å². The molecule has 0 fully saturated rings. The van der Waals surface area contributed by atoms with Gasteiger partial charge in [0.1, 0.15) is 0 Å². The largest absolute Gasteiger partial charge is 0.465 e. The van der Waals surface area contributed by atoms with Crippen molar-refractivity contribution in [2.45, 2.75) is 6.54 Å². The minimum atomic E-state index is -0.313. The molecule has 0 aliphatic carbocycles. The van der Waals surface area contributed by atoms with Crippen LogP contribution in [-0.2, 0) is 11.3 Å². The lowest BCUT2D eigenvalue weighted by Gasteiger charge is -2.34. The fourth-order valence-electron chi connectivity index (χ4n) is 3.56. The van der Waals surface area contributed by atoms with Gasteiger partial charge in [-0.2, -0.15) is 0 Å². The first kappa shape index (κ1) is 17.2. The van der Waals surface area contributed by atoms with Gasteiger partial charge in [0.05, 0.1) is 12.7 Å². The Morgan fingerprint density at radius 2 is 1.74 bits per heavy atom. The summed E-state index contributed by atoms with van der Waals surface area (Å²) >= 11 is 0. The van der Waals surface area contributed by atoms with Crippen LogP contribution in [-0.4, -0.2) is 19.9 Å². The molecule has 0 spiro atoms. The lowest BCUT2D eigenvalue weighted by Crippen LogP contribution is -2.48. The summed E-state index contributed by atoms with van der Waals surface area (Å²) in [6.07, 6.45) is 2.16. The summed E-state index contributed by atoms with van der Waals surface area (Å²) in [7, 11) is 1.41. The fourth-order valence-corrected chi connectivity index (χ4v) is 3.56. The number of ether oxygens (including phenoxy) is 1. The summed E-state index contributed by atoms with van der Waals surface area (Å²) in [6.45, 7) is 0.833. The number of para-hydroxylation sites is 1. The van der Waals surface area contributed by atoms with Crippen molar-refractivity contribution in [2.75, 3.05) is 11.9 Å². The Kier molecular flexibility index (Phi) is 4.79. The molecule has 0 atom stereocenters. The summed E-state index contributed by atoms with van der Waals surface area (Å²) in [5.41, 5.74) is 5.28. The zero-order valence-corrected chi connectivity index (χ0v) is 15.2. The highest BCUT2D eigenvalue weighted by molar-refractivity contribution is 6.82. The monoisotopic (exact) mass is 353 g/mol. The van der Waals surface area contributed by atoms with Crippen molar-refractivity contribution in [3.63, 3.8) is 0 Å². The number of methoxy groups -OCH3 is 1. The minimum absolute atomic E-state index is 0.0460. The molecule has 0 saturated carbocycles. The zero-order chi connectivity index (χ0) is 18.6. The number of nitrogens with zero attached hydrogens (tertiary/aromatic N) is 1. The molecule has 3 aromatic carbocycles. The number of esters is 1. The Bertz CT molecular complexity index is 984. The summed E-state index contributed by atoms with van der Waals surface area (Å²) in [6, 6.07) is 26.5. The van der Waals surface area contributed by atoms with E-state index in [0.717, 1.165) is 12.0 Å². The molecule has 0 bridgehead atoms. The first-order valence-corrected chi connectivity index (χ1v) is 9.02. The first-order valence-electron chi connectivity index (χ1n) is 9.02. The van der Waals surface area contributed by atoms with Crippen LogP contribution >= 0.6 is 0 Å². The van der Waals surface area contributed by atoms with Crippen LogP contribution in [0.3, 0.4) is 0 Å². The van der Waals surface area contributed by atoms with E-state index in [2.05, 4.69) is 71.5 Å². The molecule has 0 N–H and O–H groups in total. The average molecular weight is 353 g/mol. The van der Waals surface area contributed by atoms with Crippen molar-refractivity contribution in [2.24, 2.45) is 0 Å². The standard InChI is InChI=1S/C23H20BNO2/c1-27-23(26)20-11-7-12-21(16-20)24-15-14-19-10-5-6-13-22(19)25(24)17-18-8-3-2-4-9-18/h2-16H,17H2,1H3. The normalized spacial score (nSPS) is 12.6. The van der Waals surface area contributed by atoms with E-state index < -0.39 is 0 Å². The van der Waals surface area contributed by atoms with Crippen LogP contribution in [0.15, 0.2) is 84.8 Å². The SMILES string of the molecule is COC(=O)c1cccc(B2C=Cc3ccccc3N2Cc2ccccc2)c1. The maximum Gasteiger partial charge on any atom is 0.337 e. The highest BCUT2D eigenvalue weighted by Gasteiger charge is 2.28. The lowest BCUT2D eigenvalue weighted by molar-refractivity contribution is 0.0601. The Morgan fingerprint density at radius 3 is 2.56 bits per heavy atom. The van der Waals surface area contributed by atoms with E-state index in [-0.39, 0.29) is 12.8 Å². The predicted octanol–water partition coefficient (Wildman–Crippen LogP) is 3.94. The highest BCUT2D eigenvalue weighted by Crippen LogP contribution is 2.29. The van der Waals surface area contributed by atoms with E-state index in [9.17, 15) is 4.79 Å². The smallest absolute Gasteiger partial charge is 0.337 e. The number of anilines is 1. The van der Waals surface area contributed by atoms with Crippen LogP contribution in [0, 0.1) is 0 Å². The Labute approximate surface area is 160 Å². The number of carbonyl (C=O) groups is 1. The Hall–Kier alpha value is -3.27. The fraction of sp³-hybridized carbons (Fsp3) is 0.0870. The van der Waals surface area contributed by atoms with Gasteiger partial charge in [-0.1, -0.05) is 84.2 Å². The molecule has 0 radical (unpaired) electrons. The number of fused-ring (bicyclic) bond motifs is 1. The van der Waals surface area contributed by atoms with Crippen molar-refractivity contribution < 1.29 is 9.53 Å². The van der Waals surface area contributed by atoms with E-state index >= 15 is 0 Å².